The normalized spacial score (nSPS) is 15.2. The Balaban J connectivity index is 2.14. The van der Waals surface area contributed by atoms with Crippen LogP contribution in [-0.4, -0.2) is 11.0 Å². The third-order valence-electron chi connectivity index (χ3n) is 2.16. The van der Waals surface area contributed by atoms with E-state index >= 15 is 0 Å². The number of nitrogens with one attached hydrogen (secondary N) is 1. The van der Waals surface area contributed by atoms with Crippen molar-refractivity contribution in [1.82, 2.24) is 0 Å². The highest BCUT2D eigenvalue weighted by atomic mass is 19.1. The van der Waals surface area contributed by atoms with E-state index in [0.717, 1.165) is 25.0 Å². The van der Waals surface area contributed by atoms with Crippen LogP contribution in [0.4, 0.5) is 10.1 Å². The lowest BCUT2D eigenvalue weighted by atomic mass is 10.2. The fraction of sp³-hybridized carbons (Fsp3) is 0.300. The van der Waals surface area contributed by atoms with Crippen molar-refractivity contribution < 1.29 is 14.3 Å². The molecule has 1 aromatic rings. The lowest BCUT2D eigenvalue weighted by Gasteiger charge is -2.05. The van der Waals surface area contributed by atoms with Gasteiger partial charge in [0.25, 0.3) is 0 Å². The molecule has 1 aliphatic carbocycles. The molecule has 1 aromatic carbocycles. The molecule has 0 aliphatic heterocycles. The highest BCUT2D eigenvalue weighted by Gasteiger charge is 2.29. The van der Waals surface area contributed by atoms with Crippen molar-refractivity contribution in [3.63, 3.8) is 0 Å². The van der Waals surface area contributed by atoms with E-state index < -0.39 is 5.82 Å². The first-order chi connectivity index (χ1) is 6.66. The maximum atomic E-state index is 12.8. The summed E-state index contributed by atoms with van der Waals surface area (Å²) in [6.07, 6.45) is 1.75. The highest BCUT2D eigenvalue weighted by molar-refractivity contribution is 5.95. The number of hydrogen-bond donors (Lipinski definition) is 2. The summed E-state index contributed by atoms with van der Waals surface area (Å²) in [5.74, 6) is -0.696. The average Bonchev–Trinajstić information content (AvgIpc) is 2.94. The van der Waals surface area contributed by atoms with Gasteiger partial charge in [-0.15, -0.1) is 0 Å². The van der Waals surface area contributed by atoms with Crippen molar-refractivity contribution in [2.75, 3.05) is 5.32 Å². The lowest BCUT2D eigenvalue weighted by Crippen LogP contribution is -2.13. The molecular formula is C10H10FNO2. The van der Waals surface area contributed by atoms with Gasteiger partial charge in [-0.05, 0) is 25.0 Å². The molecule has 1 aliphatic rings. The standard InChI is InChI=1S/C10H10FNO2/c11-7-3-4-9(13)8(5-7)12-10(14)6-1-2-6/h3-6,13H,1-2H2,(H,12,14). The molecule has 0 heterocycles. The van der Waals surface area contributed by atoms with Gasteiger partial charge in [0.15, 0.2) is 0 Å². The second-order valence-corrected chi connectivity index (χ2v) is 3.42. The van der Waals surface area contributed by atoms with Gasteiger partial charge in [-0.25, -0.2) is 4.39 Å². The maximum absolute atomic E-state index is 12.8. The van der Waals surface area contributed by atoms with Gasteiger partial charge in [0.2, 0.25) is 5.91 Å². The molecule has 1 fully saturated rings. The number of amides is 1. The van der Waals surface area contributed by atoms with E-state index in [1.54, 1.807) is 0 Å². The second kappa shape index (κ2) is 3.29. The van der Waals surface area contributed by atoms with Crippen molar-refractivity contribution in [2.24, 2.45) is 5.92 Å². The van der Waals surface area contributed by atoms with E-state index in [-0.39, 0.29) is 23.3 Å². The van der Waals surface area contributed by atoms with E-state index in [0.29, 0.717) is 0 Å². The van der Waals surface area contributed by atoms with Gasteiger partial charge in [0, 0.05) is 12.0 Å². The number of halogens is 1. The fourth-order valence-electron chi connectivity index (χ4n) is 1.19. The molecule has 4 heteroatoms. The van der Waals surface area contributed by atoms with Gasteiger partial charge >= 0.3 is 0 Å². The Labute approximate surface area is 80.6 Å². The van der Waals surface area contributed by atoms with Gasteiger partial charge < -0.3 is 10.4 Å². The summed E-state index contributed by atoms with van der Waals surface area (Å²) < 4.78 is 12.8. The third-order valence-corrected chi connectivity index (χ3v) is 2.16. The highest BCUT2D eigenvalue weighted by Crippen LogP contribution is 2.32. The van der Waals surface area contributed by atoms with Gasteiger partial charge in [-0.3, -0.25) is 4.79 Å². The molecule has 0 atom stereocenters. The smallest absolute Gasteiger partial charge is 0.227 e. The van der Waals surface area contributed by atoms with E-state index in [1.165, 1.54) is 6.07 Å². The van der Waals surface area contributed by atoms with Crippen molar-refractivity contribution in [2.45, 2.75) is 12.8 Å². The molecule has 1 amide bonds. The predicted octanol–water partition coefficient (Wildman–Crippen LogP) is 1.88. The van der Waals surface area contributed by atoms with Gasteiger partial charge in [-0.2, -0.15) is 0 Å². The van der Waals surface area contributed by atoms with Crippen LogP contribution in [0.5, 0.6) is 5.75 Å². The number of phenolic OH excluding ortho intramolecular Hbond substituents is 1. The largest absolute Gasteiger partial charge is 0.506 e. The maximum Gasteiger partial charge on any atom is 0.227 e. The number of carbonyl (C=O) groups is 1. The van der Waals surface area contributed by atoms with Crippen molar-refractivity contribution in [3.05, 3.63) is 24.0 Å². The summed E-state index contributed by atoms with van der Waals surface area (Å²) >= 11 is 0. The molecule has 1 saturated carbocycles. The van der Waals surface area contributed by atoms with Crippen LogP contribution in [0.2, 0.25) is 0 Å². The van der Waals surface area contributed by atoms with Crippen LogP contribution < -0.4 is 5.32 Å². The minimum absolute atomic E-state index is 0.0395. The molecule has 0 saturated heterocycles. The van der Waals surface area contributed by atoms with Gasteiger partial charge in [0.05, 0.1) is 5.69 Å². The molecule has 0 spiro atoms. The molecule has 0 radical (unpaired) electrons. The summed E-state index contributed by atoms with van der Waals surface area (Å²) in [7, 11) is 0. The Hall–Kier alpha value is -1.58. The topological polar surface area (TPSA) is 49.3 Å². The molecule has 2 rings (SSSR count). The fourth-order valence-corrected chi connectivity index (χ4v) is 1.19. The van der Waals surface area contributed by atoms with Crippen LogP contribution in [0.3, 0.4) is 0 Å². The van der Waals surface area contributed by atoms with Crippen molar-refractivity contribution >= 4 is 11.6 Å². The van der Waals surface area contributed by atoms with E-state index in [9.17, 15) is 14.3 Å². The van der Waals surface area contributed by atoms with Crippen LogP contribution in [-0.2, 0) is 4.79 Å². The van der Waals surface area contributed by atoms with E-state index in [2.05, 4.69) is 5.32 Å². The number of benzene rings is 1. The molecule has 74 valence electrons. The monoisotopic (exact) mass is 195 g/mol. The Bertz CT molecular complexity index is 374. The zero-order valence-corrected chi connectivity index (χ0v) is 7.46. The van der Waals surface area contributed by atoms with Crippen LogP contribution >= 0.6 is 0 Å². The number of anilines is 1. The minimum atomic E-state index is -0.478. The Kier molecular flexibility index (Phi) is 2.11. The number of aromatic hydroxyl groups is 1. The summed E-state index contributed by atoms with van der Waals surface area (Å²) in [4.78, 5) is 11.3. The predicted molar refractivity (Wildman–Crippen MR) is 49.4 cm³/mol. The molecule has 14 heavy (non-hydrogen) atoms. The summed E-state index contributed by atoms with van der Waals surface area (Å²) in [6, 6.07) is 3.47. The van der Waals surface area contributed by atoms with Gasteiger partial charge in [-0.1, -0.05) is 0 Å². The zero-order chi connectivity index (χ0) is 10.1. The zero-order valence-electron chi connectivity index (χ0n) is 7.46. The van der Waals surface area contributed by atoms with Crippen LogP contribution in [0.25, 0.3) is 0 Å². The summed E-state index contributed by atoms with van der Waals surface area (Å²) in [5, 5.41) is 11.8. The number of carbonyl (C=O) groups excluding carboxylic acids is 1. The first-order valence-corrected chi connectivity index (χ1v) is 4.46. The Morgan fingerprint density at radius 3 is 2.86 bits per heavy atom. The van der Waals surface area contributed by atoms with Gasteiger partial charge in [0.1, 0.15) is 11.6 Å². The van der Waals surface area contributed by atoms with Crippen LogP contribution in [0.1, 0.15) is 12.8 Å². The Morgan fingerprint density at radius 2 is 2.21 bits per heavy atom. The molecular weight excluding hydrogens is 185 g/mol. The third kappa shape index (κ3) is 1.84. The first-order valence-electron chi connectivity index (χ1n) is 4.46. The number of hydrogen-bond acceptors (Lipinski definition) is 2. The first kappa shape index (κ1) is 8.99. The molecule has 0 bridgehead atoms. The lowest BCUT2D eigenvalue weighted by molar-refractivity contribution is -0.117. The Morgan fingerprint density at radius 1 is 1.50 bits per heavy atom. The minimum Gasteiger partial charge on any atom is -0.506 e. The van der Waals surface area contributed by atoms with Crippen LogP contribution in [0.15, 0.2) is 18.2 Å². The second-order valence-electron chi connectivity index (χ2n) is 3.42. The quantitative estimate of drug-likeness (QED) is 0.708. The molecule has 0 unspecified atom stereocenters. The molecule has 3 nitrogen and oxygen atoms in total. The molecule has 2 N–H and O–H groups in total. The summed E-state index contributed by atoms with van der Waals surface area (Å²) in [5.41, 5.74) is 0.141. The van der Waals surface area contributed by atoms with E-state index in [4.69, 9.17) is 0 Å². The molecule has 0 aromatic heterocycles. The number of rotatable bonds is 2. The van der Waals surface area contributed by atoms with Crippen molar-refractivity contribution in [3.8, 4) is 5.75 Å². The van der Waals surface area contributed by atoms with Crippen LogP contribution in [0, 0.1) is 11.7 Å². The van der Waals surface area contributed by atoms with E-state index in [1.807, 2.05) is 0 Å². The number of phenols is 1. The summed E-state index contributed by atoms with van der Waals surface area (Å²) in [6.45, 7) is 0. The van der Waals surface area contributed by atoms with Crippen molar-refractivity contribution in [1.29, 1.82) is 0 Å². The SMILES string of the molecule is O=C(Nc1cc(F)ccc1O)C1CC1. The average molecular weight is 195 g/mol.